The molecule has 0 saturated heterocycles. The van der Waals surface area contributed by atoms with E-state index in [1.54, 1.807) is 4.72 Å². The normalized spacial score (nSPS) is 11.4. The Morgan fingerprint density at radius 2 is 1.82 bits per heavy atom. The van der Waals surface area contributed by atoms with Gasteiger partial charge in [-0.3, -0.25) is 19.7 Å². The van der Waals surface area contributed by atoms with Gasteiger partial charge in [-0.2, -0.15) is 0 Å². The molecule has 0 saturated carbocycles. The summed E-state index contributed by atoms with van der Waals surface area (Å²) in [6, 6.07) is 7.03. The second-order valence-electron chi connectivity index (χ2n) is 5.36. The lowest BCUT2D eigenvalue weighted by Crippen LogP contribution is -2.35. The highest BCUT2D eigenvalue weighted by molar-refractivity contribution is 7.90. The second kappa shape index (κ2) is 7.19. The van der Waals surface area contributed by atoms with Gasteiger partial charge in [-0.1, -0.05) is 35.3 Å². The summed E-state index contributed by atoms with van der Waals surface area (Å²) in [5.74, 6) is -1.37. The number of nitro groups is 1. The van der Waals surface area contributed by atoms with Crippen molar-refractivity contribution in [3.8, 4) is 0 Å². The smallest absolute Gasteiger partial charge is 0.289 e. The number of H-pyrrole nitrogens is 1. The van der Waals surface area contributed by atoms with Gasteiger partial charge in [0.25, 0.3) is 27.2 Å². The van der Waals surface area contributed by atoms with Gasteiger partial charge in [0, 0.05) is 6.07 Å². The molecule has 3 rings (SSSR count). The van der Waals surface area contributed by atoms with Gasteiger partial charge < -0.3 is 4.98 Å². The van der Waals surface area contributed by atoms with Crippen molar-refractivity contribution in [2.45, 2.75) is 4.90 Å². The summed E-state index contributed by atoms with van der Waals surface area (Å²) in [5.41, 5.74) is -2.22. The van der Waals surface area contributed by atoms with Crippen molar-refractivity contribution in [1.82, 2.24) is 14.7 Å². The maximum absolute atomic E-state index is 12.4. The molecule has 0 unspecified atom stereocenters. The number of rotatable bonds is 4. The van der Waals surface area contributed by atoms with Crippen molar-refractivity contribution >= 4 is 55.9 Å². The first kappa shape index (κ1) is 19.7. The minimum Gasteiger partial charge on any atom is -0.319 e. The lowest BCUT2D eigenvalue weighted by molar-refractivity contribution is -0.387. The number of nitrogens with one attached hydrogen (secondary N) is 2. The molecule has 1 heterocycles. The van der Waals surface area contributed by atoms with E-state index in [-0.39, 0.29) is 21.1 Å². The Morgan fingerprint density at radius 1 is 1.18 bits per heavy atom. The summed E-state index contributed by atoms with van der Waals surface area (Å²) in [4.78, 5) is 40.0. The van der Waals surface area contributed by atoms with E-state index in [1.807, 2.05) is 0 Å². The summed E-state index contributed by atoms with van der Waals surface area (Å²) in [6.45, 7) is 0. The monoisotopic (exact) mass is 442 g/mol. The van der Waals surface area contributed by atoms with E-state index in [4.69, 9.17) is 23.2 Å². The van der Waals surface area contributed by atoms with E-state index in [0.717, 1.165) is 12.1 Å². The largest absolute Gasteiger partial charge is 0.319 e. The summed E-state index contributed by atoms with van der Waals surface area (Å²) in [6.07, 6.45) is 0. The fourth-order valence-corrected chi connectivity index (χ4v) is 3.74. The number of amides is 1. The number of carbonyl (C=O) groups excluding carboxylic acids is 1. The molecule has 144 valence electrons. The lowest BCUT2D eigenvalue weighted by atomic mass is 10.3. The molecule has 0 aliphatic carbocycles. The molecule has 0 aliphatic rings. The predicted molar refractivity (Wildman–Crippen MR) is 100 cm³/mol. The highest BCUT2D eigenvalue weighted by Crippen LogP contribution is 2.26. The van der Waals surface area contributed by atoms with Gasteiger partial charge in [0.2, 0.25) is 0 Å². The first-order valence-corrected chi connectivity index (χ1v) is 9.53. The first-order valence-electron chi connectivity index (χ1n) is 7.30. The van der Waals surface area contributed by atoms with E-state index in [1.165, 1.54) is 24.3 Å². The van der Waals surface area contributed by atoms with Crippen LogP contribution in [0.3, 0.4) is 0 Å². The molecule has 28 heavy (non-hydrogen) atoms. The maximum atomic E-state index is 12.4. The van der Waals surface area contributed by atoms with Gasteiger partial charge in [0.05, 0.1) is 26.0 Å². The third kappa shape index (κ3) is 3.67. The van der Waals surface area contributed by atoms with Crippen LogP contribution in [0.1, 0.15) is 10.5 Å². The molecule has 13 heteroatoms. The number of fused-ring (bicyclic) bond motifs is 1. The minimum atomic E-state index is -4.65. The molecule has 0 aliphatic heterocycles. The van der Waals surface area contributed by atoms with Crippen LogP contribution in [0.15, 0.2) is 46.1 Å². The van der Waals surface area contributed by atoms with Gasteiger partial charge in [-0.15, -0.1) is 0 Å². The quantitative estimate of drug-likeness (QED) is 0.463. The topological polar surface area (TPSA) is 152 Å². The summed E-state index contributed by atoms with van der Waals surface area (Å²) < 4.78 is 26.4. The SMILES string of the molecule is O=C(NS(=O)(=O)c1ccccc1[N+](=O)[O-])c1nc2cc(Cl)c(Cl)cc2[nH]c1=O. The molecule has 0 atom stereocenters. The molecule has 0 fully saturated rings. The van der Waals surface area contributed by atoms with Crippen LogP contribution >= 0.6 is 23.2 Å². The van der Waals surface area contributed by atoms with Crippen LogP contribution < -0.4 is 10.3 Å². The summed E-state index contributed by atoms with van der Waals surface area (Å²) >= 11 is 11.7. The van der Waals surface area contributed by atoms with Crippen LogP contribution in [0.5, 0.6) is 0 Å². The van der Waals surface area contributed by atoms with E-state index in [9.17, 15) is 28.1 Å². The second-order valence-corrected chi connectivity index (χ2v) is 7.82. The van der Waals surface area contributed by atoms with E-state index in [2.05, 4.69) is 9.97 Å². The average molecular weight is 443 g/mol. The van der Waals surface area contributed by atoms with Crippen LogP contribution in [0.2, 0.25) is 10.0 Å². The number of halogens is 2. The van der Waals surface area contributed by atoms with Crippen molar-refractivity contribution in [3.63, 3.8) is 0 Å². The zero-order chi connectivity index (χ0) is 20.6. The van der Waals surface area contributed by atoms with Gasteiger partial charge in [0.15, 0.2) is 10.6 Å². The molecular weight excluding hydrogens is 435 g/mol. The van der Waals surface area contributed by atoms with Crippen molar-refractivity contribution < 1.29 is 18.1 Å². The number of para-hydroxylation sites is 1. The zero-order valence-corrected chi connectivity index (χ0v) is 15.8. The van der Waals surface area contributed by atoms with E-state index in [0.29, 0.717) is 0 Å². The van der Waals surface area contributed by atoms with Crippen LogP contribution in [0.4, 0.5) is 5.69 Å². The minimum absolute atomic E-state index is 0.0854. The number of aromatic amines is 1. The van der Waals surface area contributed by atoms with E-state index < -0.39 is 42.7 Å². The molecule has 0 spiro atoms. The molecule has 3 aromatic rings. The van der Waals surface area contributed by atoms with Crippen LogP contribution in [-0.4, -0.2) is 29.2 Å². The highest BCUT2D eigenvalue weighted by Gasteiger charge is 2.28. The Labute approximate surface area is 166 Å². The number of aromatic nitrogens is 2. The molecular formula is C15H8Cl2N4O6S. The average Bonchev–Trinajstić information content (AvgIpc) is 2.62. The standard InChI is InChI=1S/C15H8Cl2N4O6S/c16-7-5-9-10(6-8(7)17)19-14(22)13(18-9)15(23)20-28(26,27)12-4-2-1-3-11(12)21(24)25/h1-6H,(H,19,22)(H,20,23). The summed E-state index contributed by atoms with van der Waals surface area (Å²) in [7, 11) is -4.65. The third-order valence-corrected chi connectivity index (χ3v) is 5.63. The van der Waals surface area contributed by atoms with Crippen LogP contribution in [0.25, 0.3) is 11.0 Å². The number of benzene rings is 2. The Balaban J connectivity index is 2.04. The number of hydrogen-bond acceptors (Lipinski definition) is 7. The molecule has 1 aromatic heterocycles. The summed E-state index contributed by atoms with van der Waals surface area (Å²) in [5, 5.41) is 11.3. The van der Waals surface area contributed by atoms with Crippen molar-refractivity contribution in [2.75, 3.05) is 0 Å². The molecule has 0 bridgehead atoms. The Bertz CT molecular complexity index is 1310. The molecule has 10 nitrogen and oxygen atoms in total. The number of sulfonamides is 1. The third-order valence-electron chi connectivity index (χ3n) is 3.53. The van der Waals surface area contributed by atoms with Crippen molar-refractivity contribution in [3.05, 3.63) is 72.6 Å². The molecule has 2 aromatic carbocycles. The molecule has 2 N–H and O–H groups in total. The maximum Gasteiger partial charge on any atom is 0.289 e. The fourth-order valence-electron chi connectivity index (χ4n) is 2.30. The fraction of sp³-hybridized carbons (Fsp3) is 0. The number of hydrogen-bond donors (Lipinski definition) is 2. The molecule has 1 amide bonds. The Kier molecular flexibility index (Phi) is 5.06. The first-order chi connectivity index (χ1) is 13.1. The van der Waals surface area contributed by atoms with Gasteiger partial charge in [-0.25, -0.2) is 18.1 Å². The predicted octanol–water partition coefficient (Wildman–Crippen LogP) is 2.26. The van der Waals surface area contributed by atoms with Crippen LogP contribution in [-0.2, 0) is 10.0 Å². The highest BCUT2D eigenvalue weighted by atomic mass is 35.5. The molecule has 0 radical (unpaired) electrons. The van der Waals surface area contributed by atoms with E-state index >= 15 is 0 Å². The Hall–Kier alpha value is -3.02. The lowest BCUT2D eigenvalue weighted by Gasteiger charge is -2.07. The number of nitrogens with zero attached hydrogens (tertiary/aromatic N) is 2. The zero-order valence-electron chi connectivity index (χ0n) is 13.5. The Morgan fingerprint density at radius 3 is 2.50 bits per heavy atom. The van der Waals surface area contributed by atoms with Gasteiger partial charge in [-0.05, 0) is 18.2 Å². The van der Waals surface area contributed by atoms with Crippen molar-refractivity contribution in [2.24, 2.45) is 0 Å². The van der Waals surface area contributed by atoms with Crippen LogP contribution in [0, 0.1) is 10.1 Å². The van der Waals surface area contributed by atoms with Gasteiger partial charge in [0.1, 0.15) is 0 Å². The number of nitro benzene ring substituents is 1. The van der Waals surface area contributed by atoms with Gasteiger partial charge >= 0.3 is 0 Å². The number of carbonyl (C=O) groups is 1. The van der Waals surface area contributed by atoms with Crippen molar-refractivity contribution in [1.29, 1.82) is 0 Å².